The maximum Gasteiger partial charge on any atom is 0.199 e. The number of hydrogen-bond donors (Lipinski definition) is 0. The molecule has 6 heteroatoms. The Hall–Kier alpha value is -1.79. The lowest BCUT2D eigenvalue weighted by Crippen LogP contribution is -2.47. The van der Waals surface area contributed by atoms with Crippen LogP contribution in [0, 0.1) is 10.7 Å². The van der Waals surface area contributed by atoms with Gasteiger partial charge in [-0.1, -0.05) is 18.9 Å². The van der Waals surface area contributed by atoms with Crippen molar-refractivity contribution in [1.29, 1.82) is 0 Å². The fourth-order valence-corrected chi connectivity index (χ4v) is 4.87. The zero-order valence-corrected chi connectivity index (χ0v) is 16.1. The Morgan fingerprint density at radius 2 is 2.08 bits per heavy atom. The van der Waals surface area contributed by atoms with E-state index in [-0.39, 0.29) is 0 Å². The van der Waals surface area contributed by atoms with E-state index in [0.29, 0.717) is 12.6 Å². The zero-order valence-electron chi connectivity index (χ0n) is 15.3. The molecule has 0 bridgehead atoms. The van der Waals surface area contributed by atoms with Crippen LogP contribution < -0.4 is 0 Å². The minimum Gasteiger partial charge on any atom is -0.296 e. The van der Waals surface area contributed by atoms with Gasteiger partial charge in [-0.3, -0.25) is 14.5 Å². The number of piperidine rings is 1. The molecule has 5 nitrogen and oxygen atoms in total. The standard InChI is InChI=1S/C20H27N5S/c1-2-12-24-19(17-8-5-11-21-14-17)22-25(20(24)26)15-23-13-6-9-16-7-3-4-10-18(16)23/h2,5,8,11,14,16,18H,1,3-4,6-7,9-10,12-13,15H2. The molecule has 0 spiro atoms. The summed E-state index contributed by atoms with van der Waals surface area (Å²) >= 11 is 5.76. The van der Waals surface area contributed by atoms with Crippen molar-refractivity contribution in [2.45, 2.75) is 57.8 Å². The van der Waals surface area contributed by atoms with Gasteiger partial charge in [-0.2, -0.15) is 5.10 Å². The van der Waals surface area contributed by atoms with Crippen LogP contribution in [0.25, 0.3) is 11.4 Å². The van der Waals surface area contributed by atoms with E-state index in [4.69, 9.17) is 17.3 Å². The molecule has 0 amide bonds. The zero-order chi connectivity index (χ0) is 17.9. The fraction of sp³-hybridized carbons (Fsp3) is 0.550. The van der Waals surface area contributed by atoms with Crippen LogP contribution in [0.15, 0.2) is 37.2 Å². The Balaban J connectivity index is 1.64. The number of allylic oxidation sites excluding steroid dienone is 1. The van der Waals surface area contributed by atoms with Gasteiger partial charge >= 0.3 is 0 Å². The van der Waals surface area contributed by atoms with Crippen LogP contribution in [0.4, 0.5) is 0 Å². The Morgan fingerprint density at radius 1 is 1.23 bits per heavy atom. The molecular weight excluding hydrogens is 342 g/mol. The first-order valence-electron chi connectivity index (χ1n) is 9.71. The molecule has 2 aliphatic rings. The molecule has 1 aliphatic carbocycles. The molecule has 2 aromatic heterocycles. The second-order valence-corrected chi connectivity index (χ2v) is 7.82. The summed E-state index contributed by atoms with van der Waals surface area (Å²) < 4.78 is 4.82. The van der Waals surface area contributed by atoms with Crippen LogP contribution in [0.1, 0.15) is 38.5 Å². The average molecular weight is 370 g/mol. The molecular formula is C20H27N5S. The largest absolute Gasteiger partial charge is 0.296 e. The quantitative estimate of drug-likeness (QED) is 0.583. The molecule has 2 fully saturated rings. The van der Waals surface area contributed by atoms with Crippen molar-refractivity contribution in [3.05, 3.63) is 42.0 Å². The molecule has 1 saturated heterocycles. The van der Waals surface area contributed by atoms with E-state index in [1.54, 1.807) is 6.20 Å². The Labute approximate surface area is 160 Å². The van der Waals surface area contributed by atoms with Crippen molar-refractivity contribution in [2.24, 2.45) is 5.92 Å². The molecule has 0 N–H and O–H groups in total. The molecule has 2 aromatic rings. The summed E-state index contributed by atoms with van der Waals surface area (Å²) in [6, 6.07) is 4.67. The molecule has 4 rings (SSSR count). The van der Waals surface area contributed by atoms with Crippen molar-refractivity contribution < 1.29 is 0 Å². The van der Waals surface area contributed by atoms with Gasteiger partial charge in [-0.15, -0.1) is 6.58 Å². The molecule has 1 saturated carbocycles. The number of rotatable bonds is 5. The maximum atomic E-state index is 5.76. The van der Waals surface area contributed by atoms with E-state index in [0.717, 1.165) is 35.3 Å². The van der Waals surface area contributed by atoms with E-state index in [2.05, 4.69) is 21.0 Å². The predicted octanol–water partition coefficient (Wildman–Crippen LogP) is 4.27. The third-order valence-corrected chi connectivity index (χ3v) is 6.26. The first kappa shape index (κ1) is 17.6. The average Bonchev–Trinajstić information content (AvgIpc) is 2.99. The molecule has 138 valence electrons. The highest BCUT2D eigenvalue weighted by Crippen LogP contribution is 2.35. The van der Waals surface area contributed by atoms with Crippen molar-refractivity contribution in [3.63, 3.8) is 0 Å². The van der Waals surface area contributed by atoms with E-state index >= 15 is 0 Å². The summed E-state index contributed by atoms with van der Waals surface area (Å²) in [7, 11) is 0. The van der Waals surface area contributed by atoms with Gasteiger partial charge in [0.1, 0.15) is 0 Å². The summed E-state index contributed by atoms with van der Waals surface area (Å²) in [4.78, 5) is 6.85. The first-order valence-corrected chi connectivity index (χ1v) is 10.1. The molecule has 0 aromatic carbocycles. The van der Waals surface area contributed by atoms with Gasteiger partial charge in [0.25, 0.3) is 0 Å². The van der Waals surface area contributed by atoms with Gasteiger partial charge in [0, 0.05) is 37.1 Å². The highest BCUT2D eigenvalue weighted by molar-refractivity contribution is 7.71. The van der Waals surface area contributed by atoms with Crippen LogP contribution in [0.2, 0.25) is 0 Å². The summed E-state index contributed by atoms with van der Waals surface area (Å²) in [5.74, 6) is 1.74. The SMILES string of the molecule is C=CCn1c(-c2cccnc2)nn(CN2CCCC3CCCCC32)c1=S. The van der Waals surface area contributed by atoms with Gasteiger partial charge in [0.2, 0.25) is 0 Å². The monoisotopic (exact) mass is 369 g/mol. The Bertz CT molecular complexity index is 807. The van der Waals surface area contributed by atoms with E-state index in [1.165, 1.54) is 38.5 Å². The smallest absolute Gasteiger partial charge is 0.199 e. The predicted molar refractivity (Wildman–Crippen MR) is 106 cm³/mol. The van der Waals surface area contributed by atoms with E-state index in [9.17, 15) is 0 Å². The molecule has 1 aliphatic heterocycles. The first-order chi connectivity index (χ1) is 12.8. The van der Waals surface area contributed by atoms with Gasteiger partial charge in [-0.05, 0) is 56.0 Å². The minimum absolute atomic E-state index is 0.662. The lowest BCUT2D eigenvalue weighted by molar-refractivity contribution is 0.0323. The molecule has 2 atom stereocenters. The molecule has 0 radical (unpaired) electrons. The van der Waals surface area contributed by atoms with Crippen molar-refractivity contribution >= 4 is 12.2 Å². The number of fused-ring (bicyclic) bond motifs is 1. The molecule has 3 heterocycles. The lowest BCUT2D eigenvalue weighted by Gasteiger charge is -2.43. The fourth-order valence-electron chi connectivity index (χ4n) is 4.61. The highest BCUT2D eigenvalue weighted by Gasteiger charge is 2.33. The number of aromatic nitrogens is 4. The number of hydrogen-bond acceptors (Lipinski definition) is 4. The lowest BCUT2D eigenvalue weighted by atomic mass is 9.78. The van der Waals surface area contributed by atoms with Crippen LogP contribution in [0.3, 0.4) is 0 Å². The van der Waals surface area contributed by atoms with Gasteiger partial charge in [0.15, 0.2) is 10.6 Å². The summed E-state index contributed by atoms with van der Waals surface area (Å²) in [5.41, 5.74) is 0.994. The normalized spacial score (nSPS) is 23.5. The topological polar surface area (TPSA) is 38.9 Å². The second-order valence-electron chi connectivity index (χ2n) is 7.45. The van der Waals surface area contributed by atoms with Crippen LogP contribution in [-0.4, -0.2) is 36.8 Å². The van der Waals surface area contributed by atoms with E-state index in [1.807, 2.05) is 29.1 Å². The minimum atomic E-state index is 0.662. The van der Waals surface area contributed by atoms with Gasteiger partial charge in [0.05, 0.1) is 6.67 Å². The number of nitrogens with zero attached hydrogens (tertiary/aromatic N) is 5. The third kappa shape index (κ3) is 3.40. The van der Waals surface area contributed by atoms with E-state index < -0.39 is 0 Å². The molecule has 26 heavy (non-hydrogen) atoms. The summed E-state index contributed by atoms with van der Waals surface area (Å²) in [6.45, 7) is 6.48. The van der Waals surface area contributed by atoms with Crippen LogP contribution in [0.5, 0.6) is 0 Å². The van der Waals surface area contributed by atoms with Crippen molar-refractivity contribution in [2.75, 3.05) is 6.54 Å². The third-order valence-electron chi connectivity index (χ3n) is 5.83. The van der Waals surface area contributed by atoms with Crippen LogP contribution in [-0.2, 0) is 13.2 Å². The Morgan fingerprint density at radius 3 is 2.88 bits per heavy atom. The number of likely N-dealkylation sites (tertiary alicyclic amines) is 1. The summed E-state index contributed by atoms with van der Waals surface area (Å²) in [5, 5.41) is 4.88. The van der Waals surface area contributed by atoms with Gasteiger partial charge in [-0.25, -0.2) is 4.68 Å². The highest BCUT2D eigenvalue weighted by atomic mass is 32.1. The van der Waals surface area contributed by atoms with Crippen molar-refractivity contribution in [1.82, 2.24) is 24.2 Å². The second kappa shape index (κ2) is 7.84. The maximum absolute atomic E-state index is 5.76. The Kier molecular flexibility index (Phi) is 5.31. The number of pyridine rings is 1. The van der Waals surface area contributed by atoms with Gasteiger partial charge < -0.3 is 0 Å². The molecule has 2 unspecified atom stereocenters. The van der Waals surface area contributed by atoms with Crippen molar-refractivity contribution in [3.8, 4) is 11.4 Å². The summed E-state index contributed by atoms with van der Waals surface area (Å²) in [6.07, 6.45) is 13.6. The van der Waals surface area contributed by atoms with Crippen LogP contribution >= 0.6 is 12.2 Å².